The Bertz CT molecular complexity index is 488. The number of nitrogens with zero attached hydrogens (tertiary/aromatic N) is 1. The molecule has 0 aliphatic heterocycles. The number of halogens is 1. The molecule has 1 aliphatic carbocycles. The molecule has 0 bridgehead atoms. The molecule has 1 aliphatic rings. The van der Waals surface area contributed by atoms with E-state index in [0.717, 1.165) is 12.8 Å². The molecule has 1 aromatic carbocycles. The Hall–Kier alpha value is -1.26. The van der Waals surface area contributed by atoms with Crippen molar-refractivity contribution in [2.45, 2.75) is 25.9 Å². The molecule has 1 aromatic rings. The van der Waals surface area contributed by atoms with Crippen LogP contribution in [0.4, 0.5) is 0 Å². The van der Waals surface area contributed by atoms with E-state index in [4.69, 9.17) is 16.3 Å². The van der Waals surface area contributed by atoms with Gasteiger partial charge in [0.15, 0.2) is 0 Å². The van der Waals surface area contributed by atoms with Crippen molar-refractivity contribution in [3.05, 3.63) is 28.8 Å². The lowest BCUT2D eigenvalue weighted by Gasteiger charge is -2.22. The molecule has 4 nitrogen and oxygen atoms in total. The molecule has 1 unspecified atom stereocenters. The van der Waals surface area contributed by atoms with Crippen molar-refractivity contribution in [2.75, 3.05) is 20.2 Å². The van der Waals surface area contributed by atoms with Gasteiger partial charge in [-0.2, -0.15) is 0 Å². The van der Waals surface area contributed by atoms with E-state index in [1.54, 1.807) is 25.2 Å². The van der Waals surface area contributed by atoms with Crippen molar-refractivity contribution < 1.29 is 14.6 Å². The Balaban J connectivity index is 2.10. The van der Waals surface area contributed by atoms with E-state index >= 15 is 0 Å². The van der Waals surface area contributed by atoms with Gasteiger partial charge in [-0.1, -0.05) is 11.6 Å². The molecule has 2 rings (SSSR count). The summed E-state index contributed by atoms with van der Waals surface area (Å²) in [5, 5.41) is 10.5. The summed E-state index contributed by atoms with van der Waals surface area (Å²) in [5.74, 6) is 0.671. The smallest absolute Gasteiger partial charge is 0.257 e. The molecule has 0 spiro atoms. The zero-order valence-electron chi connectivity index (χ0n) is 11.8. The van der Waals surface area contributed by atoms with Crippen LogP contribution in [0, 0.1) is 5.92 Å². The first-order valence-electron chi connectivity index (χ1n) is 6.88. The monoisotopic (exact) mass is 297 g/mol. The maximum Gasteiger partial charge on any atom is 0.257 e. The van der Waals surface area contributed by atoms with Gasteiger partial charge in [0.25, 0.3) is 5.91 Å². The first kappa shape index (κ1) is 15.1. The Morgan fingerprint density at radius 2 is 2.25 bits per heavy atom. The molecule has 1 atom stereocenters. The van der Waals surface area contributed by atoms with Crippen molar-refractivity contribution >= 4 is 17.5 Å². The molecule has 0 radical (unpaired) electrons. The Labute approximate surface area is 124 Å². The Morgan fingerprint density at radius 3 is 2.85 bits per heavy atom. The van der Waals surface area contributed by atoms with E-state index in [1.807, 2.05) is 6.92 Å². The summed E-state index contributed by atoms with van der Waals surface area (Å²) in [6.07, 6.45) is 1.66. The highest BCUT2D eigenvalue weighted by atomic mass is 35.5. The number of rotatable bonds is 6. The molecule has 110 valence electrons. The van der Waals surface area contributed by atoms with Crippen LogP contribution in [0.3, 0.4) is 0 Å². The minimum atomic E-state index is -0.438. The summed E-state index contributed by atoms with van der Waals surface area (Å²) in [5.41, 5.74) is 0.474. The zero-order valence-corrected chi connectivity index (χ0v) is 12.6. The average Bonchev–Trinajstić information content (AvgIpc) is 3.22. The van der Waals surface area contributed by atoms with Crippen molar-refractivity contribution in [1.29, 1.82) is 0 Å². The third-order valence-corrected chi connectivity index (χ3v) is 3.68. The molecule has 0 heterocycles. The van der Waals surface area contributed by atoms with E-state index in [0.29, 0.717) is 35.4 Å². The summed E-state index contributed by atoms with van der Waals surface area (Å²) in [7, 11) is 1.69. The van der Waals surface area contributed by atoms with Gasteiger partial charge >= 0.3 is 0 Å². The van der Waals surface area contributed by atoms with Crippen LogP contribution in [-0.2, 0) is 0 Å². The highest BCUT2D eigenvalue weighted by Gasteiger charge is 2.31. The van der Waals surface area contributed by atoms with Crippen LogP contribution >= 0.6 is 11.6 Å². The number of benzene rings is 1. The highest BCUT2D eigenvalue weighted by molar-refractivity contribution is 6.30. The summed E-state index contributed by atoms with van der Waals surface area (Å²) in [6.45, 7) is 2.67. The minimum absolute atomic E-state index is 0.162. The highest BCUT2D eigenvalue weighted by Crippen LogP contribution is 2.33. The lowest BCUT2D eigenvalue weighted by atomic mass is 10.1. The normalized spacial score (nSPS) is 15.8. The molecule has 1 N–H and O–H groups in total. The van der Waals surface area contributed by atoms with Crippen molar-refractivity contribution in [3.63, 3.8) is 0 Å². The SMILES string of the molecule is CCOc1cc(Cl)ccc1C(=O)N(C)CC(O)C1CC1. The van der Waals surface area contributed by atoms with Crippen molar-refractivity contribution in [2.24, 2.45) is 5.92 Å². The summed E-state index contributed by atoms with van der Waals surface area (Å²) in [4.78, 5) is 14.0. The van der Waals surface area contributed by atoms with E-state index in [-0.39, 0.29) is 5.91 Å². The molecule has 1 fully saturated rings. The number of amides is 1. The van der Waals surface area contributed by atoms with E-state index in [9.17, 15) is 9.90 Å². The lowest BCUT2D eigenvalue weighted by molar-refractivity contribution is 0.0642. The number of hydrogen-bond acceptors (Lipinski definition) is 3. The van der Waals surface area contributed by atoms with Gasteiger partial charge in [-0.15, -0.1) is 0 Å². The standard InChI is InChI=1S/C15H20ClNO3/c1-3-20-14-8-11(16)6-7-12(14)15(19)17(2)9-13(18)10-4-5-10/h6-8,10,13,18H,3-5,9H2,1-2H3. The maximum atomic E-state index is 12.4. The fourth-order valence-electron chi connectivity index (χ4n) is 2.15. The van der Waals surface area contributed by atoms with Gasteiger partial charge in [-0.05, 0) is 43.9 Å². The van der Waals surface area contributed by atoms with Gasteiger partial charge in [0.2, 0.25) is 0 Å². The molecule has 1 amide bonds. The first-order chi connectivity index (χ1) is 9.52. The third-order valence-electron chi connectivity index (χ3n) is 3.45. The second-order valence-corrected chi connectivity index (χ2v) is 5.60. The molecule has 0 aromatic heterocycles. The number of hydrogen-bond donors (Lipinski definition) is 1. The molecule has 5 heteroatoms. The van der Waals surface area contributed by atoms with Crippen molar-refractivity contribution in [1.82, 2.24) is 4.90 Å². The number of aliphatic hydroxyl groups is 1. The topological polar surface area (TPSA) is 49.8 Å². The molecule has 0 saturated heterocycles. The van der Waals surface area contributed by atoms with E-state index < -0.39 is 6.10 Å². The lowest BCUT2D eigenvalue weighted by Crippen LogP contribution is -2.35. The van der Waals surface area contributed by atoms with Crippen LogP contribution in [0.25, 0.3) is 0 Å². The quantitative estimate of drug-likeness (QED) is 0.878. The second kappa shape index (κ2) is 6.46. The molecule has 20 heavy (non-hydrogen) atoms. The van der Waals surface area contributed by atoms with Crippen LogP contribution in [-0.4, -0.2) is 42.2 Å². The number of carbonyl (C=O) groups is 1. The molecular formula is C15H20ClNO3. The fourth-order valence-corrected chi connectivity index (χ4v) is 2.31. The Kier molecular flexibility index (Phi) is 4.89. The summed E-state index contributed by atoms with van der Waals surface area (Å²) in [6, 6.07) is 4.97. The zero-order chi connectivity index (χ0) is 14.7. The van der Waals surface area contributed by atoms with Gasteiger partial charge in [-0.3, -0.25) is 4.79 Å². The summed E-state index contributed by atoms with van der Waals surface area (Å²) < 4.78 is 5.46. The predicted molar refractivity (Wildman–Crippen MR) is 78.3 cm³/mol. The summed E-state index contributed by atoms with van der Waals surface area (Å²) >= 11 is 5.93. The van der Waals surface area contributed by atoms with Crippen LogP contribution in [0.1, 0.15) is 30.1 Å². The minimum Gasteiger partial charge on any atom is -0.493 e. The van der Waals surface area contributed by atoms with Gasteiger partial charge < -0.3 is 14.7 Å². The van der Waals surface area contributed by atoms with Gasteiger partial charge in [0, 0.05) is 18.6 Å². The predicted octanol–water partition coefficient (Wildman–Crippen LogP) is 2.58. The fraction of sp³-hybridized carbons (Fsp3) is 0.533. The largest absolute Gasteiger partial charge is 0.493 e. The molecule has 1 saturated carbocycles. The number of ether oxygens (including phenoxy) is 1. The van der Waals surface area contributed by atoms with Gasteiger partial charge in [-0.25, -0.2) is 0 Å². The third kappa shape index (κ3) is 3.64. The number of carbonyl (C=O) groups excluding carboxylic acids is 1. The second-order valence-electron chi connectivity index (χ2n) is 5.16. The maximum absolute atomic E-state index is 12.4. The average molecular weight is 298 g/mol. The van der Waals surface area contributed by atoms with Crippen LogP contribution in [0.2, 0.25) is 5.02 Å². The first-order valence-corrected chi connectivity index (χ1v) is 7.26. The Morgan fingerprint density at radius 1 is 1.55 bits per heavy atom. The molecular weight excluding hydrogens is 278 g/mol. The van der Waals surface area contributed by atoms with Crippen LogP contribution in [0.15, 0.2) is 18.2 Å². The van der Waals surface area contributed by atoms with Crippen LogP contribution < -0.4 is 4.74 Å². The van der Waals surface area contributed by atoms with Gasteiger partial charge in [0.05, 0.1) is 18.3 Å². The van der Waals surface area contributed by atoms with Gasteiger partial charge in [0.1, 0.15) is 5.75 Å². The number of likely N-dealkylation sites (N-methyl/N-ethyl adjacent to an activating group) is 1. The van der Waals surface area contributed by atoms with Crippen LogP contribution in [0.5, 0.6) is 5.75 Å². The van der Waals surface area contributed by atoms with E-state index in [1.165, 1.54) is 4.90 Å². The van der Waals surface area contributed by atoms with Crippen molar-refractivity contribution in [3.8, 4) is 5.75 Å². The van der Waals surface area contributed by atoms with E-state index in [2.05, 4.69) is 0 Å². The number of aliphatic hydroxyl groups excluding tert-OH is 1.